The van der Waals surface area contributed by atoms with E-state index in [9.17, 15) is 13.6 Å². The fourth-order valence-corrected chi connectivity index (χ4v) is 3.00. The van der Waals surface area contributed by atoms with E-state index in [1.165, 1.54) is 30.3 Å². The summed E-state index contributed by atoms with van der Waals surface area (Å²) in [6.45, 7) is 0. The molecule has 0 heterocycles. The van der Waals surface area contributed by atoms with Crippen LogP contribution >= 0.6 is 22.6 Å². The molecule has 0 aromatic heterocycles. The summed E-state index contributed by atoms with van der Waals surface area (Å²) in [5, 5.41) is 0.961. The molecule has 0 aliphatic heterocycles. The minimum atomic E-state index is -0.389. The highest BCUT2D eigenvalue weighted by atomic mass is 127. The second-order valence-electron chi connectivity index (χ2n) is 4.59. The maximum Gasteiger partial charge on any atom is 0.194 e. The predicted molar refractivity (Wildman–Crippen MR) is 86.5 cm³/mol. The lowest BCUT2D eigenvalue weighted by Crippen LogP contribution is -2.05. The van der Waals surface area contributed by atoms with E-state index >= 15 is 0 Å². The summed E-state index contributed by atoms with van der Waals surface area (Å²) in [5.41, 5.74) is 0.824. The van der Waals surface area contributed by atoms with Crippen LogP contribution in [0.1, 0.15) is 15.9 Å². The Hall–Kier alpha value is -1.82. The Kier molecular flexibility index (Phi) is 3.71. The van der Waals surface area contributed by atoms with Gasteiger partial charge in [0.25, 0.3) is 0 Å². The maximum absolute atomic E-state index is 13.8. The van der Waals surface area contributed by atoms with Gasteiger partial charge in [0.05, 0.1) is 0 Å². The van der Waals surface area contributed by atoms with Gasteiger partial charge in [0, 0.05) is 20.1 Å². The number of hydrogen-bond acceptors (Lipinski definition) is 1. The first kappa shape index (κ1) is 14.1. The second-order valence-corrected chi connectivity index (χ2v) is 5.76. The molecule has 4 heteroatoms. The monoisotopic (exact) mass is 394 g/mol. The molecule has 104 valence electrons. The SMILES string of the molecule is O=C(c1ccc(F)cc1I)c1ccc(F)c2ccccc12. The van der Waals surface area contributed by atoms with Gasteiger partial charge in [-0.3, -0.25) is 4.79 Å². The zero-order chi connectivity index (χ0) is 15.0. The van der Waals surface area contributed by atoms with Gasteiger partial charge in [-0.05, 0) is 58.3 Å². The minimum Gasteiger partial charge on any atom is -0.289 e. The number of ketones is 1. The Bertz CT molecular complexity index is 859. The smallest absolute Gasteiger partial charge is 0.194 e. The molecule has 3 aromatic rings. The van der Waals surface area contributed by atoms with Gasteiger partial charge in [0.15, 0.2) is 5.78 Å². The molecule has 0 aliphatic carbocycles. The van der Waals surface area contributed by atoms with Crippen LogP contribution in [0.15, 0.2) is 54.6 Å². The standard InChI is InChI=1S/C17H9F2IO/c18-10-5-6-14(16(20)9-10)17(21)13-7-8-15(19)12-4-2-1-3-11(12)13/h1-9H. The van der Waals surface area contributed by atoms with E-state index in [2.05, 4.69) is 0 Å². The molecule has 0 N–H and O–H groups in total. The zero-order valence-electron chi connectivity index (χ0n) is 10.7. The van der Waals surface area contributed by atoms with Crippen molar-refractivity contribution >= 4 is 39.1 Å². The Morgan fingerprint density at radius 2 is 1.52 bits per heavy atom. The molecule has 0 aliphatic rings. The quantitative estimate of drug-likeness (QED) is 0.444. The lowest BCUT2D eigenvalue weighted by Gasteiger charge is -2.08. The number of halogens is 3. The van der Waals surface area contributed by atoms with E-state index in [0.29, 0.717) is 25.5 Å². The summed E-state index contributed by atoms with van der Waals surface area (Å²) in [6.07, 6.45) is 0. The number of carbonyl (C=O) groups excluding carboxylic acids is 1. The van der Waals surface area contributed by atoms with E-state index in [1.54, 1.807) is 24.3 Å². The third-order valence-electron chi connectivity index (χ3n) is 3.29. The molecule has 0 saturated carbocycles. The van der Waals surface area contributed by atoms with Crippen LogP contribution in [-0.4, -0.2) is 5.78 Å². The molecule has 0 spiro atoms. The molecule has 1 nitrogen and oxygen atoms in total. The summed E-state index contributed by atoms with van der Waals surface area (Å²) in [6, 6.07) is 13.6. The molecular weight excluding hydrogens is 385 g/mol. The van der Waals surface area contributed by atoms with Crippen LogP contribution in [0.2, 0.25) is 0 Å². The van der Waals surface area contributed by atoms with Crippen LogP contribution in [0, 0.1) is 15.2 Å². The first-order chi connectivity index (χ1) is 10.1. The molecule has 0 bridgehead atoms. The summed E-state index contributed by atoms with van der Waals surface area (Å²) < 4.78 is 27.5. The molecule has 0 amide bonds. The van der Waals surface area contributed by atoms with Gasteiger partial charge in [0.2, 0.25) is 0 Å². The van der Waals surface area contributed by atoms with E-state index in [1.807, 2.05) is 22.6 Å². The molecule has 3 rings (SSSR count). The maximum atomic E-state index is 13.8. The Morgan fingerprint density at radius 1 is 0.857 bits per heavy atom. The summed E-state index contributed by atoms with van der Waals surface area (Å²) >= 11 is 1.92. The molecular formula is C17H9F2IO. The Morgan fingerprint density at radius 3 is 2.24 bits per heavy atom. The highest BCUT2D eigenvalue weighted by molar-refractivity contribution is 14.1. The second kappa shape index (κ2) is 5.52. The highest BCUT2D eigenvalue weighted by Crippen LogP contribution is 2.25. The number of hydrogen-bond donors (Lipinski definition) is 0. The van der Waals surface area contributed by atoms with E-state index < -0.39 is 0 Å². The largest absolute Gasteiger partial charge is 0.289 e. The van der Waals surface area contributed by atoms with Crippen LogP contribution in [0.3, 0.4) is 0 Å². The van der Waals surface area contributed by atoms with Crippen LogP contribution in [-0.2, 0) is 0 Å². The minimum absolute atomic E-state index is 0.240. The predicted octanol–water partition coefficient (Wildman–Crippen LogP) is 4.95. The van der Waals surface area contributed by atoms with Gasteiger partial charge in [-0.15, -0.1) is 0 Å². The van der Waals surface area contributed by atoms with Crippen molar-refractivity contribution in [3.8, 4) is 0 Å². The third kappa shape index (κ3) is 2.55. The first-order valence-corrected chi connectivity index (χ1v) is 7.33. The van der Waals surface area contributed by atoms with Crippen molar-refractivity contribution < 1.29 is 13.6 Å². The number of benzene rings is 3. The number of carbonyl (C=O) groups is 1. The normalized spacial score (nSPS) is 10.8. The lowest BCUT2D eigenvalue weighted by atomic mass is 9.97. The van der Waals surface area contributed by atoms with Gasteiger partial charge >= 0.3 is 0 Å². The van der Waals surface area contributed by atoms with E-state index in [4.69, 9.17) is 0 Å². The topological polar surface area (TPSA) is 17.1 Å². The molecule has 21 heavy (non-hydrogen) atoms. The number of rotatable bonds is 2. The van der Waals surface area contributed by atoms with Gasteiger partial charge < -0.3 is 0 Å². The van der Waals surface area contributed by atoms with Crippen molar-refractivity contribution in [1.29, 1.82) is 0 Å². The van der Waals surface area contributed by atoms with Crippen LogP contribution in [0.4, 0.5) is 8.78 Å². The fourth-order valence-electron chi connectivity index (χ4n) is 2.28. The summed E-state index contributed by atoms with van der Waals surface area (Å²) in [5.74, 6) is -0.994. The van der Waals surface area contributed by atoms with Crippen LogP contribution < -0.4 is 0 Å². The van der Waals surface area contributed by atoms with Gasteiger partial charge in [-0.1, -0.05) is 24.3 Å². The molecule has 3 aromatic carbocycles. The van der Waals surface area contributed by atoms with Crippen LogP contribution in [0.25, 0.3) is 10.8 Å². The molecule has 0 saturated heterocycles. The average molecular weight is 394 g/mol. The average Bonchev–Trinajstić information content (AvgIpc) is 2.47. The summed E-state index contributed by atoms with van der Waals surface area (Å²) in [4.78, 5) is 12.7. The van der Waals surface area contributed by atoms with Crippen molar-refractivity contribution in [3.05, 3.63) is 80.9 Å². The van der Waals surface area contributed by atoms with Gasteiger partial charge in [0.1, 0.15) is 11.6 Å². The van der Waals surface area contributed by atoms with E-state index in [0.717, 1.165) is 0 Å². The molecule has 0 fully saturated rings. The van der Waals surface area contributed by atoms with Crippen LogP contribution in [0.5, 0.6) is 0 Å². The first-order valence-electron chi connectivity index (χ1n) is 6.25. The van der Waals surface area contributed by atoms with Crippen molar-refractivity contribution in [1.82, 2.24) is 0 Å². The molecule has 0 radical (unpaired) electrons. The summed E-state index contributed by atoms with van der Waals surface area (Å²) in [7, 11) is 0. The number of fused-ring (bicyclic) bond motifs is 1. The van der Waals surface area contributed by atoms with Gasteiger partial charge in [-0.25, -0.2) is 8.78 Å². The van der Waals surface area contributed by atoms with E-state index in [-0.39, 0.29) is 17.4 Å². The lowest BCUT2D eigenvalue weighted by molar-refractivity contribution is 0.103. The molecule has 0 atom stereocenters. The van der Waals surface area contributed by atoms with Crippen molar-refractivity contribution in [2.45, 2.75) is 0 Å². The molecule has 0 unspecified atom stereocenters. The Labute approximate surface area is 133 Å². The highest BCUT2D eigenvalue weighted by Gasteiger charge is 2.16. The fraction of sp³-hybridized carbons (Fsp3) is 0. The van der Waals surface area contributed by atoms with Crippen molar-refractivity contribution in [2.75, 3.05) is 0 Å². The van der Waals surface area contributed by atoms with Crippen molar-refractivity contribution in [3.63, 3.8) is 0 Å². The zero-order valence-corrected chi connectivity index (χ0v) is 12.9. The Balaban J connectivity index is 2.21. The van der Waals surface area contributed by atoms with Crippen molar-refractivity contribution in [2.24, 2.45) is 0 Å². The van der Waals surface area contributed by atoms with Gasteiger partial charge in [-0.2, -0.15) is 0 Å². The third-order valence-corrected chi connectivity index (χ3v) is 4.18.